The maximum Gasteiger partial charge on any atom is 0.255 e. The van der Waals surface area contributed by atoms with Crippen molar-refractivity contribution in [3.63, 3.8) is 0 Å². The summed E-state index contributed by atoms with van der Waals surface area (Å²) in [6.45, 7) is 2.45. The van der Waals surface area contributed by atoms with Gasteiger partial charge in [0.05, 0.1) is 17.3 Å². The molecular formula is C16H16INO3. The second kappa shape index (κ2) is 7.31. The van der Waals surface area contributed by atoms with Crippen molar-refractivity contribution in [2.24, 2.45) is 0 Å². The highest BCUT2D eigenvalue weighted by Crippen LogP contribution is 2.34. The highest BCUT2D eigenvalue weighted by atomic mass is 127. The molecule has 0 aliphatic rings. The summed E-state index contributed by atoms with van der Waals surface area (Å²) in [6, 6.07) is 12.8. The number of hydrogen-bond acceptors (Lipinski definition) is 3. The van der Waals surface area contributed by atoms with Crippen molar-refractivity contribution < 1.29 is 14.3 Å². The molecule has 0 unspecified atom stereocenters. The van der Waals surface area contributed by atoms with Crippen LogP contribution >= 0.6 is 22.6 Å². The summed E-state index contributed by atoms with van der Waals surface area (Å²) in [6.07, 6.45) is 0. The van der Waals surface area contributed by atoms with Crippen molar-refractivity contribution in [2.45, 2.75) is 6.92 Å². The van der Waals surface area contributed by atoms with E-state index in [4.69, 9.17) is 9.47 Å². The minimum atomic E-state index is -0.180. The Morgan fingerprint density at radius 1 is 1.24 bits per heavy atom. The van der Waals surface area contributed by atoms with Crippen molar-refractivity contribution in [1.82, 2.24) is 0 Å². The molecule has 110 valence electrons. The number of anilines is 1. The molecule has 0 saturated heterocycles. The molecule has 2 aromatic carbocycles. The summed E-state index contributed by atoms with van der Waals surface area (Å²) in [7, 11) is 1.56. The molecule has 0 aliphatic heterocycles. The van der Waals surface area contributed by atoms with Crippen LogP contribution < -0.4 is 14.8 Å². The Morgan fingerprint density at radius 2 is 1.95 bits per heavy atom. The summed E-state index contributed by atoms with van der Waals surface area (Å²) in [5.74, 6) is 1.04. The van der Waals surface area contributed by atoms with Gasteiger partial charge in [0.1, 0.15) is 0 Å². The molecule has 0 spiro atoms. The largest absolute Gasteiger partial charge is 0.493 e. The molecule has 21 heavy (non-hydrogen) atoms. The third-order valence-electron chi connectivity index (χ3n) is 2.81. The molecule has 2 rings (SSSR count). The first-order valence-corrected chi connectivity index (χ1v) is 7.60. The zero-order valence-electron chi connectivity index (χ0n) is 11.9. The minimum absolute atomic E-state index is 0.180. The van der Waals surface area contributed by atoms with Gasteiger partial charge in [0.2, 0.25) is 0 Å². The maximum absolute atomic E-state index is 12.3. The lowest BCUT2D eigenvalue weighted by Gasteiger charge is -2.13. The first-order valence-electron chi connectivity index (χ1n) is 6.52. The monoisotopic (exact) mass is 397 g/mol. The zero-order chi connectivity index (χ0) is 15.2. The summed E-state index contributed by atoms with van der Waals surface area (Å²) in [5, 5.41) is 2.85. The van der Waals surface area contributed by atoms with E-state index in [1.807, 2.05) is 37.3 Å². The summed E-state index contributed by atoms with van der Waals surface area (Å²) >= 11 is 2.14. The molecule has 1 amide bonds. The van der Waals surface area contributed by atoms with E-state index in [0.29, 0.717) is 23.7 Å². The highest BCUT2D eigenvalue weighted by Gasteiger charge is 2.15. The van der Waals surface area contributed by atoms with E-state index in [9.17, 15) is 4.79 Å². The quantitative estimate of drug-likeness (QED) is 0.778. The average molecular weight is 397 g/mol. The number of para-hydroxylation sites is 1. The lowest BCUT2D eigenvalue weighted by molar-refractivity contribution is 0.102. The molecule has 0 bridgehead atoms. The van der Waals surface area contributed by atoms with Crippen LogP contribution in [-0.4, -0.2) is 19.6 Å². The first kappa shape index (κ1) is 15.6. The molecule has 5 heteroatoms. The second-order valence-electron chi connectivity index (χ2n) is 4.24. The van der Waals surface area contributed by atoms with Gasteiger partial charge in [-0.2, -0.15) is 0 Å². The molecule has 4 nitrogen and oxygen atoms in total. The molecule has 0 aromatic heterocycles. The molecule has 0 aliphatic carbocycles. The highest BCUT2D eigenvalue weighted by molar-refractivity contribution is 14.1. The number of methoxy groups -OCH3 is 1. The van der Waals surface area contributed by atoms with E-state index in [1.54, 1.807) is 19.2 Å². The molecule has 0 heterocycles. The number of rotatable bonds is 5. The zero-order valence-corrected chi connectivity index (χ0v) is 14.0. The normalized spacial score (nSPS) is 10.0. The fourth-order valence-electron chi connectivity index (χ4n) is 1.86. The lowest BCUT2D eigenvalue weighted by Crippen LogP contribution is -2.12. The number of ether oxygens (including phenoxy) is 2. The fourth-order valence-corrected chi connectivity index (χ4v) is 2.62. The van der Waals surface area contributed by atoms with Gasteiger partial charge in [-0.25, -0.2) is 0 Å². The Balaban J connectivity index is 2.27. The third kappa shape index (κ3) is 3.87. The Hall–Kier alpha value is -1.76. The molecule has 0 atom stereocenters. The van der Waals surface area contributed by atoms with Gasteiger partial charge in [0, 0.05) is 11.3 Å². The van der Waals surface area contributed by atoms with Crippen LogP contribution in [0.5, 0.6) is 11.5 Å². The SMILES string of the molecule is CCOc1c(I)cc(C(=O)Nc2ccccc2)cc1OC. The van der Waals surface area contributed by atoms with Crippen LogP contribution in [0.15, 0.2) is 42.5 Å². The molecule has 1 N–H and O–H groups in total. The molecular weight excluding hydrogens is 381 g/mol. The second-order valence-corrected chi connectivity index (χ2v) is 5.40. The smallest absolute Gasteiger partial charge is 0.255 e. The van der Waals surface area contributed by atoms with Gasteiger partial charge >= 0.3 is 0 Å². The Bertz CT molecular complexity index is 629. The number of hydrogen-bond donors (Lipinski definition) is 1. The van der Waals surface area contributed by atoms with E-state index in [2.05, 4.69) is 27.9 Å². The molecule has 0 fully saturated rings. The topological polar surface area (TPSA) is 47.6 Å². The predicted molar refractivity (Wildman–Crippen MR) is 91.3 cm³/mol. The van der Waals surface area contributed by atoms with Crippen molar-refractivity contribution in [2.75, 3.05) is 19.0 Å². The van der Waals surface area contributed by atoms with Crippen LogP contribution in [0.3, 0.4) is 0 Å². The van der Waals surface area contributed by atoms with Gasteiger partial charge in [0.25, 0.3) is 5.91 Å². The Kier molecular flexibility index (Phi) is 5.44. The molecule has 0 saturated carbocycles. The average Bonchev–Trinajstić information content (AvgIpc) is 2.50. The van der Waals surface area contributed by atoms with Gasteiger partial charge in [-0.15, -0.1) is 0 Å². The van der Waals surface area contributed by atoms with E-state index in [-0.39, 0.29) is 5.91 Å². The van der Waals surface area contributed by atoms with Gasteiger partial charge < -0.3 is 14.8 Å². The third-order valence-corrected chi connectivity index (χ3v) is 3.61. The summed E-state index contributed by atoms with van der Waals surface area (Å²) in [4.78, 5) is 12.3. The van der Waals surface area contributed by atoms with Crippen LogP contribution in [0.2, 0.25) is 0 Å². The van der Waals surface area contributed by atoms with Gasteiger partial charge in [-0.3, -0.25) is 4.79 Å². The Morgan fingerprint density at radius 3 is 2.57 bits per heavy atom. The van der Waals surface area contributed by atoms with Crippen molar-refractivity contribution >= 4 is 34.2 Å². The van der Waals surface area contributed by atoms with E-state index < -0.39 is 0 Å². The standard InChI is InChI=1S/C16H16INO3/c1-3-21-15-13(17)9-11(10-14(15)20-2)16(19)18-12-7-5-4-6-8-12/h4-10H,3H2,1-2H3,(H,18,19). The molecule has 0 radical (unpaired) electrons. The van der Waals surface area contributed by atoms with Crippen LogP contribution in [0, 0.1) is 3.57 Å². The van der Waals surface area contributed by atoms with Crippen molar-refractivity contribution in [3.05, 3.63) is 51.6 Å². The van der Waals surface area contributed by atoms with Gasteiger partial charge in [0.15, 0.2) is 11.5 Å². The number of carbonyl (C=O) groups is 1. The van der Waals surface area contributed by atoms with Crippen molar-refractivity contribution in [3.8, 4) is 11.5 Å². The van der Waals surface area contributed by atoms with Gasteiger partial charge in [-0.05, 0) is 53.8 Å². The first-order chi connectivity index (χ1) is 10.2. The fraction of sp³-hybridized carbons (Fsp3) is 0.188. The Labute approximate surface area is 137 Å². The number of benzene rings is 2. The number of carbonyl (C=O) groups excluding carboxylic acids is 1. The summed E-state index contributed by atoms with van der Waals surface area (Å²) in [5.41, 5.74) is 1.29. The number of nitrogens with one attached hydrogen (secondary N) is 1. The van der Waals surface area contributed by atoms with E-state index >= 15 is 0 Å². The van der Waals surface area contributed by atoms with E-state index in [0.717, 1.165) is 9.26 Å². The predicted octanol–water partition coefficient (Wildman–Crippen LogP) is 3.95. The van der Waals surface area contributed by atoms with Crippen LogP contribution in [-0.2, 0) is 0 Å². The molecule has 2 aromatic rings. The lowest BCUT2D eigenvalue weighted by atomic mass is 10.2. The maximum atomic E-state index is 12.3. The van der Waals surface area contributed by atoms with Crippen molar-refractivity contribution in [1.29, 1.82) is 0 Å². The minimum Gasteiger partial charge on any atom is -0.493 e. The van der Waals surface area contributed by atoms with Gasteiger partial charge in [-0.1, -0.05) is 18.2 Å². The van der Waals surface area contributed by atoms with Crippen LogP contribution in [0.1, 0.15) is 17.3 Å². The van der Waals surface area contributed by atoms with Crippen LogP contribution in [0.4, 0.5) is 5.69 Å². The van der Waals surface area contributed by atoms with Crippen LogP contribution in [0.25, 0.3) is 0 Å². The summed E-state index contributed by atoms with van der Waals surface area (Å²) < 4.78 is 11.7. The van der Waals surface area contributed by atoms with E-state index in [1.165, 1.54) is 0 Å². The number of halogens is 1. The number of amides is 1.